The maximum absolute atomic E-state index is 12.8. The molecule has 0 aromatic carbocycles. The van der Waals surface area contributed by atoms with E-state index in [4.69, 9.17) is 0 Å². The van der Waals surface area contributed by atoms with Gasteiger partial charge in [-0.15, -0.1) is 0 Å². The molecule has 2 aromatic rings. The van der Waals surface area contributed by atoms with Crippen molar-refractivity contribution in [2.45, 2.75) is 45.6 Å². The number of aryl methyl sites for hydroxylation is 1. The van der Waals surface area contributed by atoms with Gasteiger partial charge in [-0.1, -0.05) is 6.42 Å². The third-order valence-electron chi connectivity index (χ3n) is 5.77. The second-order valence-corrected chi connectivity index (χ2v) is 8.14. The van der Waals surface area contributed by atoms with Crippen molar-refractivity contribution in [1.29, 1.82) is 0 Å². The van der Waals surface area contributed by atoms with Gasteiger partial charge < -0.3 is 5.32 Å². The highest BCUT2D eigenvalue weighted by Gasteiger charge is 2.42. The van der Waals surface area contributed by atoms with Crippen molar-refractivity contribution >= 4 is 27.5 Å². The Morgan fingerprint density at radius 2 is 2.22 bits per heavy atom. The van der Waals surface area contributed by atoms with E-state index in [0.29, 0.717) is 11.6 Å². The highest BCUT2D eigenvalue weighted by atomic mass is 79.9. The largest absolute Gasteiger partial charge is 0.348 e. The van der Waals surface area contributed by atoms with Crippen LogP contribution in [-0.2, 0) is 0 Å². The summed E-state index contributed by atoms with van der Waals surface area (Å²) in [5.41, 5.74) is 2.24. The SMILES string of the molecule is Cc1nc2ccc(Br)cn2c1C(=O)NC(C)C1CC2CCC1C2. The van der Waals surface area contributed by atoms with Gasteiger partial charge in [0.25, 0.3) is 5.91 Å². The van der Waals surface area contributed by atoms with Crippen molar-refractivity contribution in [3.63, 3.8) is 0 Å². The van der Waals surface area contributed by atoms with Gasteiger partial charge in [-0.3, -0.25) is 9.20 Å². The topological polar surface area (TPSA) is 46.4 Å². The van der Waals surface area contributed by atoms with Crippen molar-refractivity contribution in [2.24, 2.45) is 17.8 Å². The Morgan fingerprint density at radius 3 is 2.91 bits per heavy atom. The number of carbonyl (C=O) groups excluding carboxylic acids is 1. The summed E-state index contributed by atoms with van der Waals surface area (Å²) in [7, 11) is 0. The third kappa shape index (κ3) is 2.59. The van der Waals surface area contributed by atoms with Crippen LogP contribution in [0.2, 0.25) is 0 Å². The number of fused-ring (bicyclic) bond motifs is 3. The second kappa shape index (κ2) is 5.62. The predicted octanol–water partition coefficient (Wildman–Crippen LogP) is 3.96. The van der Waals surface area contributed by atoms with Crippen molar-refractivity contribution in [1.82, 2.24) is 14.7 Å². The molecule has 0 radical (unpaired) electrons. The van der Waals surface area contributed by atoms with Gasteiger partial charge in [0.1, 0.15) is 11.3 Å². The molecule has 5 heteroatoms. The van der Waals surface area contributed by atoms with Crippen molar-refractivity contribution < 1.29 is 4.79 Å². The molecule has 4 unspecified atom stereocenters. The predicted molar refractivity (Wildman–Crippen MR) is 93.5 cm³/mol. The van der Waals surface area contributed by atoms with Crippen LogP contribution >= 0.6 is 15.9 Å². The lowest BCUT2D eigenvalue weighted by Gasteiger charge is -2.28. The summed E-state index contributed by atoms with van der Waals surface area (Å²) < 4.78 is 2.82. The highest BCUT2D eigenvalue weighted by Crippen LogP contribution is 2.49. The average Bonchev–Trinajstić information content (AvgIpc) is 3.19. The van der Waals surface area contributed by atoms with Gasteiger partial charge in [0.05, 0.1) is 5.69 Å². The van der Waals surface area contributed by atoms with Crippen LogP contribution in [0, 0.1) is 24.7 Å². The molecule has 4 atom stereocenters. The average molecular weight is 376 g/mol. The Balaban J connectivity index is 1.57. The van der Waals surface area contributed by atoms with Gasteiger partial charge in [0.2, 0.25) is 0 Å². The number of hydrogen-bond acceptors (Lipinski definition) is 2. The summed E-state index contributed by atoms with van der Waals surface area (Å²) in [5, 5.41) is 3.25. The number of imidazole rings is 1. The van der Waals surface area contributed by atoms with Gasteiger partial charge in [-0.2, -0.15) is 0 Å². The number of halogens is 1. The van der Waals surface area contributed by atoms with Gasteiger partial charge in [0, 0.05) is 16.7 Å². The van der Waals surface area contributed by atoms with Gasteiger partial charge in [0.15, 0.2) is 0 Å². The van der Waals surface area contributed by atoms with Crippen LogP contribution in [0.3, 0.4) is 0 Å². The number of nitrogens with zero attached hydrogens (tertiary/aromatic N) is 2. The molecule has 2 aliphatic rings. The first-order valence-electron chi connectivity index (χ1n) is 8.48. The highest BCUT2D eigenvalue weighted by molar-refractivity contribution is 9.10. The van der Waals surface area contributed by atoms with E-state index in [2.05, 4.69) is 33.2 Å². The van der Waals surface area contributed by atoms with Crippen molar-refractivity contribution in [3.8, 4) is 0 Å². The lowest BCUT2D eigenvalue weighted by Crippen LogP contribution is -2.40. The van der Waals surface area contributed by atoms with E-state index in [1.165, 1.54) is 25.7 Å². The zero-order valence-electron chi connectivity index (χ0n) is 13.6. The molecule has 0 saturated heterocycles. The van der Waals surface area contributed by atoms with E-state index >= 15 is 0 Å². The molecule has 2 fully saturated rings. The maximum Gasteiger partial charge on any atom is 0.270 e. The number of aromatic nitrogens is 2. The van der Waals surface area contributed by atoms with Gasteiger partial charge in [-0.05, 0) is 78.9 Å². The molecule has 2 aromatic heterocycles. The van der Waals surface area contributed by atoms with Gasteiger partial charge >= 0.3 is 0 Å². The minimum absolute atomic E-state index is 0.0108. The number of hydrogen-bond donors (Lipinski definition) is 1. The quantitative estimate of drug-likeness (QED) is 0.882. The Morgan fingerprint density at radius 1 is 1.39 bits per heavy atom. The van der Waals surface area contributed by atoms with E-state index in [-0.39, 0.29) is 11.9 Å². The smallest absolute Gasteiger partial charge is 0.270 e. The normalized spacial score (nSPS) is 27.5. The van der Waals surface area contributed by atoms with Crippen LogP contribution in [0.25, 0.3) is 5.65 Å². The molecule has 122 valence electrons. The van der Waals surface area contributed by atoms with Crippen molar-refractivity contribution in [2.75, 3.05) is 0 Å². The summed E-state index contributed by atoms with van der Waals surface area (Å²) in [6.07, 6.45) is 7.29. The molecular weight excluding hydrogens is 354 g/mol. The summed E-state index contributed by atoms with van der Waals surface area (Å²) in [5.74, 6) is 2.35. The molecule has 2 saturated carbocycles. The molecule has 1 amide bonds. The molecule has 1 N–H and O–H groups in total. The number of amides is 1. The van der Waals surface area contributed by atoms with Crippen LogP contribution in [0.4, 0.5) is 0 Å². The van der Waals surface area contributed by atoms with E-state index in [1.54, 1.807) is 0 Å². The third-order valence-corrected chi connectivity index (χ3v) is 6.23. The Kier molecular flexibility index (Phi) is 3.71. The number of rotatable bonds is 3. The molecule has 0 spiro atoms. The van der Waals surface area contributed by atoms with E-state index in [9.17, 15) is 4.79 Å². The summed E-state index contributed by atoms with van der Waals surface area (Å²) in [6.45, 7) is 4.07. The van der Waals surface area contributed by atoms with E-state index < -0.39 is 0 Å². The second-order valence-electron chi connectivity index (χ2n) is 7.22. The lowest BCUT2D eigenvalue weighted by atomic mass is 9.84. The molecule has 4 rings (SSSR count). The zero-order valence-corrected chi connectivity index (χ0v) is 15.1. The molecular formula is C18H22BrN3O. The fraction of sp³-hybridized carbons (Fsp3) is 0.556. The van der Waals surface area contributed by atoms with Gasteiger partial charge in [-0.25, -0.2) is 4.98 Å². The van der Waals surface area contributed by atoms with Crippen LogP contribution in [0.1, 0.15) is 48.8 Å². The Labute approximate surface area is 144 Å². The minimum atomic E-state index is -0.0108. The first kappa shape index (κ1) is 15.2. The van der Waals surface area contributed by atoms with E-state index in [1.807, 2.05) is 29.7 Å². The maximum atomic E-state index is 12.8. The van der Waals surface area contributed by atoms with Crippen LogP contribution in [-0.4, -0.2) is 21.3 Å². The summed E-state index contributed by atoms with van der Waals surface area (Å²) in [6, 6.07) is 4.10. The Hall–Kier alpha value is -1.36. The minimum Gasteiger partial charge on any atom is -0.348 e. The molecule has 4 nitrogen and oxygen atoms in total. The zero-order chi connectivity index (χ0) is 16.1. The Bertz CT molecular complexity index is 769. The molecule has 2 heterocycles. The van der Waals surface area contributed by atoms with Crippen LogP contribution in [0.15, 0.2) is 22.8 Å². The number of pyridine rings is 1. The molecule has 0 aliphatic heterocycles. The standard InChI is InChI=1S/C18H22BrN3O/c1-10(15-8-12-3-4-13(15)7-12)21-18(23)17-11(2)20-16-6-5-14(19)9-22(16)17/h5-6,9-10,12-13,15H,3-4,7-8H2,1-2H3,(H,21,23). The summed E-state index contributed by atoms with van der Waals surface area (Å²) >= 11 is 3.47. The fourth-order valence-corrected chi connectivity index (χ4v) is 5.04. The summed E-state index contributed by atoms with van der Waals surface area (Å²) in [4.78, 5) is 17.3. The molecule has 2 aliphatic carbocycles. The van der Waals surface area contributed by atoms with Crippen LogP contribution in [0.5, 0.6) is 0 Å². The number of carbonyl (C=O) groups is 1. The van der Waals surface area contributed by atoms with Crippen molar-refractivity contribution in [3.05, 3.63) is 34.2 Å². The monoisotopic (exact) mass is 375 g/mol. The first-order chi connectivity index (χ1) is 11.0. The molecule has 23 heavy (non-hydrogen) atoms. The lowest BCUT2D eigenvalue weighted by molar-refractivity contribution is 0.0908. The van der Waals surface area contributed by atoms with E-state index in [0.717, 1.165) is 27.6 Å². The first-order valence-corrected chi connectivity index (χ1v) is 9.27. The number of nitrogens with one attached hydrogen (secondary N) is 1. The molecule has 2 bridgehead atoms. The van der Waals surface area contributed by atoms with Crippen LogP contribution < -0.4 is 5.32 Å². The fourth-order valence-electron chi connectivity index (χ4n) is 4.70.